The number of ether oxygens (including phenoxy) is 1. The SMILES string of the molecule is CC(C)(C)OC(=O)N1CCN(c2ncnc3cc(Cl)c(-c4ccc(Cl)cc4)cc23)CC1(C)C(=O)O. The van der Waals surface area contributed by atoms with Gasteiger partial charge in [0.15, 0.2) is 5.54 Å². The fourth-order valence-electron chi connectivity index (χ4n) is 4.14. The standard InChI is InChI=1S/C25H26Cl2N4O4/c1-24(2,3)35-23(34)31-10-9-30(13-25(31,4)22(32)33)21-18-11-17(15-5-7-16(26)8-6-15)19(27)12-20(18)28-14-29-21/h5-8,11-12,14H,9-10,13H2,1-4H3,(H,32,33). The van der Waals surface area contributed by atoms with E-state index in [2.05, 4.69) is 9.97 Å². The van der Waals surface area contributed by atoms with E-state index in [0.29, 0.717) is 27.9 Å². The van der Waals surface area contributed by atoms with Crippen molar-refractivity contribution in [1.29, 1.82) is 0 Å². The summed E-state index contributed by atoms with van der Waals surface area (Å²) in [6.45, 7) is 7.30. The Balaban J connectivity index is 1.74. The minimum Gasteiger partial charge on any atom is -0.479 e. The minimum atomic E-state index is -1.52. The second-order valence-corrected chi connectivity index (χ2v) is 10.5. The molecule has 4 rings (SSSR count). The van der Waals surface area contributed by atoms with Crippen LogP contribution in [0, 0.1) is 0 Å². The first-order valence-electron chi connectivity index (χ1n) is 11.1. The zero-order valence-corrected chi connectivity index (χ0v) is 21.4. The molecule has 2 heterocycles. The molecule has 0 bridgehead atoms. The summed E-state index contributed by atoms with van der Waals surface area (Å²) in [6, 6.07) is 11.0. The van der Waals surface area contributed by atoms with Gasteiger partial charge in [0.1, 0.15) is 17.7 Å². The first-order valence-corrected chi connectivity index (χ1v) is 11.8. The van der Waals surface area contributed by atoms with Crippen LogP contribution in [-0.2, 0) is 9.53 Å². The van der Waals surface area contributed by atoms with Crippen molar-refractivity contribution in [2.75, 3.05) is 24.5 Å². The topological polar surface area (TPSA) is 95.9 Å². The number of piperazine rings is 1. The molecule has 1 aliphatic heterocycles. The maximum atomic E-state index is 12.8. The Morgan fingerprint density at radius 3 is 2.40 bits per heavy atom. The molecule has 10 heteroatoms. The Labute approximate surface area is 213 Å². The van der Waals surface area contributed by atoms with Crippen molar-refractivity contribution in [1.82, 2.24) is 14.9 Å². The van der Waals surface area contributed by atoms with E-state index in [0.717, 1.165) is 16.5 Å². The maximum Gasteiger partial charge on any atom is 0.411 e. The molecule has 0 saturated carbocycles. The van der Waals surface area contributed by atoms with Gasteiger partial charge >= 0.3 is 12.1 Å². The largest absolute Gasteiger partial charge is 0.479 e. The lowest BCUT2D eigenvalue weighted by molar-refractivity contribution is -0.150. The third-order valence-corrected chi connectivity index (χ3v) is 6.49. The van der Waals surface area contributed by atoms with Crippen LogP contribution in [-0.4, -0.2) is 62.8 Å². The molecule has 0 radical (unpaired) electrons. The smallest absolute Gasteiger partial charge is 0.411 e. The van der Waals surface area contributed by atoms with Crippen molar-refractivity contribution in [2.45, 2.75) is 38.8 Å². The van der Waals surface area contributed by atoms with Crippen LogP contribution in [0.1, 0.15) is 27.7 Å². The normalized spacial score (nSPS) is 18.6. The van der Waals surface area contributed by atoms with Crippen LogP contribution in [0.15, 0.2) is 42.7 Å². The fraction of sp³-hybridized carbons (Fsp3) is 0.360. The number of aliphatic carboxylic acids is 1. The average Bonchev–Trinajstić information content (AvgIpc) is 2.77. The molecule has 1 N–H and O–H groups in total. The molecular weight excluding hydrogens is 491 g/mol. The number of anilines is 1. The van der Waals surface area contributed by atoms with Gasteiger partial charge in [-0.25, -0.2) is 19.6 Å². The zero-order valence-electron chi connectivity index (χ0n) is 19.9. The van der Waals surface area contributed by atoms with Crippen LogP contribution in [0.3, 0.4) is 0 Å². The minimum absolute atomic E-state index is 0.0204. The van der Waals surface area contributed by atoms with Crippen LogP contribution in [0.4, 0.5) is 10.6 Å². The lowest BCUT2D eigenvalue weighted by Gasteiger charge is -2.46. The molecule has 2 aromatic carbocycles. The van der Waals surface area contributed by atoms with Gasteiger partial charge in [0.25, 0.3) is 0 Å². The first kappa shape index (κ1) is 25.0. The number of amides is 1. The molecule has 1 atom stereocenters. The van der Waals surface area contributed by atoms with E-state index >= 15 is 0 Å². The lowest BCUT2D eigenvalue weighted by Crippen LogP contribution is -2.67. The lowest BCUT2D eigenvalue weighted by atomic mass is 9.96. The van der Waals surface area contributed by atoms with Crippen LogP contribution < -0.4 is 4.90 Å². The van der Waals surface area contributed by atoms with E-state index in [1.165, 1.54) is 18.2 Å². The maximum absolute atomic E-state index is 12.8. The Morgan fingerprint density at radius 1 is 1.09 bits per heavy atom. The van der Waals surface area contributed by atoms with Crippen molar-refractivity contribution >= 4 is 52.0 Å². The van der Waals surface area contributed by atoms with Gasteiger partial charge in [-0.05, 0) is 57.5 Å². The summed E-state index contributed by atoms with van der Waals surface area (Å²) in [7, 11) is 0. The Kier molecular flexibility index (Phi) is 6.55. The number of hydrogen-bond acceptors (Lipinski definition) is 6. The highest BCUT2D eigenvalue weighted by Gasteiger charge is 2.48. The molecule has 1 fully saturated rings. The van der Waals surface area contributed by atoms with E-state index in [4.69, 9.17) is 27.9 Å². The first-order chi connectivity index (χ1) is 16.4. The van der Waals surface area contributed by atoms with Gasteiger partial charge in [0.05, 0.1) is 17.1 Å². The van der Waals surface area contributed by atoms with Crippen molar-refractivity contribution in [3.63, 3.8) is 0 Å². The quantitative estimate of drug-likeness (QED) is 0.490. The number of rotatable bonds is 3. The van der Waals surface area contributed by atoms with Crippen molar-refractivity contribution in [2.24, 2.45) is 0 Å². The molecule has 1 aliphatic rings. The molecule has 1 aromatic heterocycles. The summed E-state index contributed by atoms with van der Waals surface area (Å²) < 4.78 is 5.48. The monoisotopic (exact) mass is 516 g/mol. The molecule has 35 heavy (non-hydrogen) atoms. The molecule has 0 spiro atoms. The number of carboxylic acids is 1. The number of carbonyl (C=O) groups is 2. The van der Waals surface area contributed by atoms with Gasteiger partial charge in [-0.1, -0.05) is 35.3 Å². The number of nitrogens with zero attached hydrogens (tertiary/aromatic N) is 4. The van der Waals surface area contributed by atoms with Gasteiger partial charge in [0, 0.05) is 29.1 Å². The molecule has 1 unspecified atom stereocenters. The number of halogens is 2. The summed E-state index contributed by atoms with van der Waals surface area (Å²) in [5.74, 6) is -0.561. The van der Waals surface area contributed by atoms with Gasteiger partial charge in [-0.2, -0.15) is 0 Å². The number of fused-ring (bicyclic) bond motifs is 1. The van der Waals surface area contributed by atoms with Gasteiger partial charge in [-0.15, -0.1) is 0 Å². The number of aromatic nitrogens is 2. The summed E-state index contributed by atoms with van der Waals surface area (Å²) in [5.41, 5.74) is 0.0164. The van der Waals surface area contributed by atoms with Gasteiger partial charge in [-0.3, -0.25) is 4.90 Å². The number of carboxylic acid groups (broad SMARTS) is 1. The highest BCUT2D eigenvalue weighted by Crippen LogP contribution is 2.36. The predicted octanol–water partition coefficient (Wildman–Crippen LogP) is 5.50. The van der Waals surface area contributed by atoms with E-state index < -0.39 is 23.2 Å². The predicted molar refractivity (Wildman–Crippen MR) is 136 cm³/mol. The number of benzene rings is 2. The molecule has 8 nitrogen and oxygen atoms in total. The van der Waals surface area contributed by atoms with Crippen LogP contribution >= 0.6 is 23.2 Å². The van der Waals surface area contributed by atoms with Crippen LogP contribution in [0.2, 0.25) is 10.0 Å². The fourth-order valence-corrected chi connectivity index (χ4v) is 4.54. The van der Waals surface area contributed by atoms with Crippen LogP contribution in [0.25, 0.3) is 22.0 Å². The zero-order chi connectivity index (χ0) is 25.5. The Morgan fingerprint density at radius 2 is 1.77 bits per heavy atom. The van der Waals surface area contributed by atoms with Crippen molar-refractivity contribution in [3.05, 3.63) is 52.8 Å². The van der Waals surface area contributed by atoms with Crippen molar-refractivity contribution < 1.29 is 19.4 Å². The average molecular weight is 517 g/mol. The number of hydrogen-bond donors (Lipinski definition) is 1. The third-order valence-electron chi connectivity index (χ3n) is 5.92. The van der Waals surface area contributed by atoms with E-state index in [1.54, 1.807) is 39.0 Å². The summed E-state index contributed by atoms with van der Waals surface area (Å²) in [4.78, 5) is 37.2. The second-order valence-electron chi connectivity index (χ2n) is 9.69. The highest BCUT2D eigenvalue weighted by molar-refractivity contribution is 6.34. The van der Waals surface area contributed by atoms with Crippen LogP contribution in [0.5, 0.6) is 0 Å². The second kappa shape index (κ2) is 9.17. The highest BCUT2D eigenvalue weighted by atomic mass is 35.5. The van der Waals surface area contributed by atoms with E-state index in [1.807, 2.05) is 23.1 Å². The number of carbonyl (C=O) groups excluding carboxylic acids is 1. The Hall–Kier alpha value is -3.10. The van der Waals surface area contributed by atoms with E-state index in [-0.39, 0.29) is 13.1 Å². The Bertz CT molecular complexity index is 1290. The third kappa shape index (κ3) is 4.99. The van der Waals surface area contributed by atoms with Crippen molar-refractivity contribution in [3.8, 4) is 11.1 Å². The summed E-state index contributed by atoms with van der Waals surface area (Å²) in [5, 5.41) is 12.0. The summed E-state index contributed by atoms with van der Waals surface area (Å²) >= 11 is 12.6. The molecular formula is C25H26Cl2N4O4. The van der Waals surface area contributed by atoms with Gasteiger partial charge in [0.2, 0.25) is 0 Å². The molecule has 1 saturated heterocycles. The van der Waals surface area contributed by atoms with Gasteiger partial charge < -0.3 is 14.7 Å². The molecule has 3 aromatic rings. The molecule has 1 amide bonds. The molecule has 0 aliphatic carbocycles. The van der Waals surface area contributed by atoms with E-state index in [9.17, 15) is 14.7 Å². The summed E-state index contributed by atoms with van der Waals surface area (Å²) in [6.07, 6.45) is 0.764. The molecule has 184 valence electrons.